The van der Waals surface area contributed by atoms with Gasteiger partial charge in [-0.25, -0.2) is 9.48 Å². The number of aromatic nitrogens is 3. The van der Waals surface area contributed by atoms with Gasteiger partial charge in [0.15, 0.2) is 5.69 Å². The highest BCUT2D eigenvalue weighted by Crippen LogP contribution is 2.48. The van der Waals surface area contributed by atoms with Gasteiger partial charge in [0, 0.05) is 0 Å². The molecule has 0 bridgehead atoms. The molecular formula is C11H20N3O6P. The summed E-state index contributed by atoms with van der Waals surface area (Å²) in [6, 6.07) is 0. The molecule has 10 heteroatoms. The zero-order valence-corrected chi connectivity index (χ0v) is 13.2. The molecule has 0 amide bonds. The lowest BCUT2D eigenvalue weighted by Crippen LogP contribution is -2.22. The van der Waals surface area contributed by atoms with E-state index in [9.17, 15) is 14.5 Å². The molecule has 120 valence electrons. The first kappa shape index (κ1) is 17.8. The van der Waals surface area contributed by atoms with Crippen molar-refractivity contribution in [3.05, 3.63) is 11.9 Å². The summed E-state index contributed by atoms with van der Waals surface area (Å²) in [5.41, 5.74) is 0.0301. The van der Waals surface area contributed by atoms with Crippen molar-refractivity contribution in [2.45, 2.75) is 26.5 Å². The van der Waals surface area contributed by atoms with Crippen LogP contribution in [0.4, 0.5) is 0 Å². The highest BCUT2D eigenvalue weighted by atomic mass is 31.2. The van der Waals surface area contributed by atoms with Gasteiger partial charge in [-0.3, -0.25) is 4.57 Å². The summed E-state index contributed by atoms with van der Waals surface area (Å²) in [6.45, 7) is 3.84. The molecule has 0 aliphatic rings. The number of aliphatic hydroxyl groups is 1. The maximum Gasteiger partial charge on any atom is 0.360 e. The summed E-state index contributed by atoms with van der Waals surface area (Å²) in [6.07, 6.45) is 0.157. The molecule has 0 aliphatic carbocycles. The molecule has 21 heavy (non-hydrogen) atoms. The Morgan fingerprint density at radius 1 is 1.43 bits per heavy atom. The SMILES string of the molecule is CCOP(=O)(C[C@H](O)Cn1cc(C(=O)OC)nn1)OCC. The molecule has 9 nitrogen and oxygen atoms in total. The third-order valence-corrected chi connectivity index (χ3v) is 4.59. The Hall–Kier alpha value is -1.28. The first-order valence-corrected chi connectivity index (χ1v) is 8.21. The van der Waals surface area contributed by atoms with E-state index in [0.717, 1.165) is 0 Å². The van der Waals surface area contributed by atoms with Gasteiger partial charge in [-0.1, -0.05) is 5.21 Å². The predicted octanol–water partition coefficient (Wildman–Crippen LogP) is 0.692. The number of carbonyl (C=O) groups excluding carboxylic acids is 1. The van der Waals surface area contributed by atoms with E-state index in [4.69, 9.17) is 9.05 Å². The predicted molar refractivity (Wildman–Crippen MR) is 73.1 cm³/mol. The van der Waals surface area contributed by atoms with Gasteiger partial charge < -0.3 is 18.9 Å². The lowest BCUT2D eigenvalue weighted by Gasteiger charge is -2.19. The van der Waals surface area contributed by atoms with Gasteiger partial charge in [-0.05, 0) is 13.8 Å². The fraction of sp³-hybridized carbons (Fsp3) is 0.727. The van der Waals surface area contributed by atoms with Gasteiger partial charge in [-0.15, -0.1) is 5.10 Å². The second-order valence-corrected chi connectivity index (χ2v) is 6.20. The molecule has 1 N–H and O–H groups in total. The number of carbonyl (C=O) groups is 1. The number of methoxy groups -OCH3 is 1. The summed E-state index contributed by atoms with van der Waals surface area (Å²) >= 11 is 0. The van der Waals surface area contributed by atoms with E-state index >= 15 is 0 Å². The Morgan fingerprint density at radius 2 is 2.05 bits per heavy atom. The summed E-state index contributed by atoms with van der Waals surface area (Å²) in [7, 11) is -2.10. The first-order chi connectivity index (χ1) is 9.94. The molecule has 0 saturated carbocycles. The average molecular weight is 321 g/mol. The van der Waals surface area contributed by atoms with Gasteiger partial charge in [0.05, 0.1) is 45.3 Å². The van der Waals surface area contributed by atoms with Crippen LogP contribution in [0.25, 0.3) is 0 Å². The lowest BCUT2D eigenvalue weighted by atomic mass is 10.4. The number of esters is 1. The molecule has 0 radical (unpaired) electrons. The van der Waals surface area contributed by atoms with Crippen molar-refractivity contribution >= 4 is 13.6 Å². The molecule has 1 heterocycles. The second kappa shape index (κ2) is 8.23. The molecule has 1 aromatic heterocycles. The van der Waals surface area contributed by atoms with Crippen LogP contribution >= 0.6 is 7.60 Å². The minimum Gasteiger partial charge on any atom is -0.464 e. The Kier molecular flexibility index (Phi) is 6.97. The van der Waals surface area contributed by atoms with E-state index in [2.05, 4.69) is 15.0 Å². The van der Waals surface area contributed by atoms with Crippen molar-refractivity contribution in [2.24, 2.45) is 0 Å². The van der Waals surface area contributed by atoms with Crippen LogP contribution in [0, 0.1) is 0 Å². The van der Waals surface area contributed by atoms with Crippen molar-refractivity contribution in [3.8, 4) is 0 Å². The molecule has 1 atom stereocenters. The van der Waals surface area contributed by atoms with Crippen LogP contribution in [0.2, 0.25) is 0 Å². The van der Waals surface area contributed by atoms with Crippen molar-refractivity contribution in [1.82, 2.24) is 15.0 Å². The Labute approximate surface area is 122 Å². The van der Waals surface area contributed by atoms with Gasteiger partial charge in [0.25, 0.3) is 0 Å². The van der Waals surface area contributed by atoms with E-state index in [1.807, 2.05) is 0 Å². The van der Waals surface area contributed by atoms with Gasteiger partial charge in [-0.2, -0.15) is 0 Å². The number of hydrogen-bond acceptors (Lipinski definition) is 8. The van der Waals surface area contributed by atoms with E-state index in [0.29, 0.717) is 0 Å². The van der Waals surface area contributed by atoms with Crippen LogP contribution in [0.15, 0.2) is 6.20 Å². The standard InChI is InChI=1S/C11H20N3O6P/c1-4-19-21(17,20-5-2)8-9(15)6-14-7-10(12-13-14)11(16)18-3/h7,9,15H,4-6,8H2,1-3H3/t9-/m1/s1. The molecule has 1 aromatic rings. The Morgan fingerprint density at radius 3 is 2.57 bits per heavy atom. The first-order valence-electron chi connectivity index (χ1n) is 6.48. The number of ether oxygens (including phenoxy) is 1. The molecule has 0 spiro atoms. The Balaban J connectivity index is 2.63. The van der Waals surface area contributed by atoms with Crippen LogP contribution in [0.1, 0.15) is 24.3 Å². The zero-order valence-electron chi connectivity index (χ0n) is 12.3. The van der Waals surface area contributed by atoms with Crippen LogP contribution in [-0.4, -0.2) is 58.7 Å². The van der Waals surface area contributed by atoms with Crippen LogP contribution in [0.3, 0.4) is 0 Å². The topological polar surface area (TPSA) is 113 Å². The number of rotatable bonds is 9. The fourth-order valence-electron chi connectivity index (χ4n) is 1.65. The maximum absolute atomic E-state index is 12.2. The molecule has 0 fully saturated rings. The highest BCUT2D eigenvalue weighted by Gasteiger charge is 2.28. The third-order valence-electron chi connectivity index (χ3n) is 2.42. The normalized spacial score (nSPS) is 13.1. The monoisotopic (exact) mass is 321 g/mol. The smallest absolute Gasteiger partial charge is 0.360 e. The van der Waals surface area contributed by atoms with Crippen molar-refractivity contribution < 1.29 is 28.3 Å². The third kappa shape index (κ3) is 5.55. The van der Waals surface area contributed by atoms with E-state index < -0.39 is 19.7 Å². The number of aliphatic hydroxyl groups excluding tert-OH is 1. The molecular weight excluding hydrogens is 301 g/mol. The van der Waals surface area contributed by atoms with Crippen LogP contribution in [0.5, 0.6) is 0 Å². The minimum atomic E-state index is -3.33. The van der Waals surface area contributed by atoms with E-state index in [1.54, 1.807) is 13.8 Å². The Bertz CT molecular complexity index is 496. The quantitative estimate of drug-likeness (QED) is 0.522. The lowest BCUT2D eigenvalue weighted by molar-refractivity contribution is 0.0593. The number of nitrogens with zero attached hydrogens (tertiary/aromatic N) is 3. The molecule has 0 aromatic carbocycles. The summed E-state index contributed by atoms with van der Waals surface area (Å²) in [5.74, 6) is -0.620. The summed E-state index contributed by atoms with van der Waals surface area (Å²) < 4.78 is 28.2. The van der Waals surface area contributed by atoms with Crippen molar-refractivity contribution in [1.29, 1.82) is 0 Å². The second-order valence-electron chi connectivity index (χ2n) is 4.10. The molecule has 0 aliphatic heterocycles. The summed E-state index contributed by atoms with van der Waals surface area (Å²) in [4.78, 5) is 11.2. The van der Waals surface area contributed by atoms with Gasteiger partial charge >= 0.3 is 13.6 Å². The van der Waals surface area contributed by atoms with E-state index in [1.165, 1.54) is 18.0 Å². The van der Waals surface area contributed by atoms with E-state index in [-0.39, 0.29) is 31.6 Å². The van der Waals surface area contributed by atoms with Crippen molar-refractivity contribution in [2.75, 3.05) is 26.5 Å². The zero-order chi connectivity index (χ0) is 15.9. The summed E-state index contributed by atoms with van der Waals surface area (Å²) in [5, 5.41) is 17.2. The molecule has 1 rings (SSSR count). The maximum atomic E-state index is 12.2. The average Bonchev–Trinajstić information content (AvgIpc) is 2.86. The fourth-order valence-corrected chi connectivity index (χ4v) is 3.36. The van der Waals surface area contributed by atoms with Crippen molar-refractivity contribution in [3.63, 3.8) is 0 Å². The minimum absolute atomic E-state index is 0.00807. The van der Waals surface area contributed by atoms with Crippen LogP contribution in [-0.2, 0) is 24.9 Å². The van der Waals surface area contributed by atoms with Gasteiger partial charge in [0.2, 0.25) is 0 Å². The number of hydrogen-bond donors (Lipinski definition) is 1. The highest BCUT2D eigenvalue weighted by molar-refractivity contribution is 7.53. The van der Waals surface area contributed by atoms with Crippen LogP contribution < -0.4 is 0 Å². The largest absolute Gasteiger partial charge is 0.464 e. The van der Waals surface area contributed by atoms with Gasteiger partial charge in [0.1, 0.15) is 0 Å². The molecule has 0 unspecified atom stereocenters. The molecule has 0 saturated heterocycles.